The first-order chi connectivity index (χ1) is 28.0. The van der Waals surface area contributed by atoms with Gasteiger partial charge in [-0.2, -0.15) is 0 Å². The molecule has 6 aromatic rings. The monoisotopic (exact) mass is 804 g/mol. The number of benzene rings is 2. The third-order valence-corrected chi connectivity index (χ3v) is 12.3. The van der Waals surface area contributed by atoms with E-state index in [0.717, 1.165) is 52.3 Å². The van der Waals surface area contributed by atoms with Crippen molar-refractivity contribution in [2.45, 2.75) is 70.6 Å². The number of nitrogens with one attached hydrogen (secondary N) is 2. The van der Waals surface area contributed by atoms with Crippen LogP contribution in [0.2, 0.25) is 0 Å². The number of β-amino-alcohol motifs (C(OH)–C–C–N with tert-alkyl or cyclic N) is 1. The van der Waals surface area contributed by atoms with E-state index in [0.29, 0.717) is 47.6 Å². The maximum absolute atomic E-state index is 14.2. The van der Waals surface area contributed by atoms with Gasteiger partial charge in [-0.05, 0) is 73.3 Å². The smallest absolute Gasteiger partial charge is 0.254 e. The van der Waals surface area contributed by atoms with Crippen molar-refractivity contribution in [2.75, 3.05) is 32.8 Å². The van der Waals surface area contributed by atoms with Crippen LogP contribution < -0.4 is 10.1 Å². The van der Waals surface area contributed by atoms with Crippen molar-refractivity contribution < 1.29 is 29.1 Å². The van der Waals surface area contributed by atoms with Gasteiger partial charge in [0.1, 0.15) is 24.3 Å². The summed E-state index contributed by atoms with van der Waals surface area (Å²) in [6, 6.07) is 19.7. The lowest BCUT2D eigenvalue weighted by atomic mass is 9.91. The number of para-hydroxylation sites is 1. The molecule has 302 valence electrons. The number of phenols is 1. The van der Waals surface area contributed by atoms with Crippen LogP contribution in [-0.2, 0) is 9.59 Å². The molecule has 2 fully saturated rings. The highest BCUT2D eigenvalue weighted by Crippen LogP contribution is 2.35. The number of ether oxygens (including phenoxy) is 1. The summed E-state index contributed by atoms with van der Waals surface area (Å²) in [6.07, 6.45) is 0.301. The molecule has 4 N–H and O–H groups in total. The van der Waals surface area contributed by atoms with Crippen LogP contribution in [0.15, 0.2) is 76.8 Å². The number of aliphatic hydroxyl groups is 1. The molecular weight excluding hydrogens is 757 g/mol. The second-order valence-corrected chi connectivity index (χ2v) is 16.6. The summed E-state index contributed by atoms with van der Waals surface area (Å²) in [7, 11) is 0. The summed E-state index contributed by atoms with van der Waals surface area (Å²) < 4.78 is 11.7. The van der Waals surface area contributed by atoms with Gasteiger partial charge in [0.05, 0.1) is 33.9 Å². The van der Waals surface area contributed by atoms with Crippen LogP contribution in [0.1, 0.15) is 74.2 Å². The van der Waals surface area contributed by atoms with Gasteiger partial charge in [-0.25, -0.2) is 4.98 Å². The number of hydrogen-bond acceptors (Lipinski definition) is 12. The van der Waals surface area contributed by atoms with Crippen LogP contribution in [-0.4, -0.2) is 102 Å². The number of amides is 2. The number of likely N-dealkylation sites (tertiary alicyclic amines) is 2. The number of aromatic amines is 1. The number of aromatic nitrogens is 5. The molecule has 2 aromatic carbocycles. The summed E-state index contributed by atoms with van der Waals surface area (Å²) in [5.41, 5.74) is 7.88. The number of H-pyrrole nitrogens is 1. The number of thiazole rings is 1. The summed E-state index contributed by atoms with van der Waals surface area (Å²) in [6.45, 7) is 10.6. The molecule has 6 heterocycles. The minimum absolute atomic E-state index is 0.0525. The molecule has 14 nitrogen and oxygen atoms in total. The highest BCUT2D eigenvalue weighted by Gasteiger charge is 2.43. The maximum atomic E-state index is 14.2. The van der Waals surface area contributed by atoms with Crippen LogP contribution in [0.3, 0.4) is 0 Å². The number of aryl methyl sites for hydroxylation is 1. The van der Waals surface area contributed by atoms with E-state index in [9.17, 15) is 19.8 Å². The Morgan fingerprint density at radius 2 is 1.88 bits per heavy atom. The zero-order chi connectivity index (χ0) is 40.5. The molecule has 0 aliphatic carbocycles. The van der Waals surface area contributed by atoms with E-state index in [4.69, 9.17) is 9.26 Å². The molecule has 2 amide bonds. The Labute approximate surface area is 340 Å². The van der Waals surface area contributed by atoms with Crippen LogP contribution in [0.5, 0.6) is 11.6 Å². The lowest BCUT2D eigenvalue weighted by molar-refractivity contribution is -0.141. The first-order valence-corrected chi connectivity index (χ1v) is 20.7. The van der Waals surface area contributed by atoms with E-state index < -0.39 is 18.1 Å². The summed E-state index contributed by atoms with van der Waals surface area (Å²) in [5.74, 6) is -0.405. The number of aromatic hydroxyl groups is 1. The molecule has 0 unspecified atom stereocenters. The number of rotatable bonds is 13. The Balaban J connectivity index is 0.850. The summed E-state index contributed by atoms with van der Waals surface area (Å²) in [4.78, 5) is 40.5. The van der Waals surface area contributed by atoms with Crippen molar-refractivity contribution in [3.63, 3.8) is 0 Å². The summed E-state index contributed by atoms with van der Waals surface area (Å²) >= 11 is 1.59. The second kappa shape index (κ2) is 16.7. The molecule has 4 aromatic heterocycles. The molecule has 58 heavy (non-hydrogen) atoms. The highest BCUT2D eigenvalue weighted by atomic mass is 32.1. The normalized spacial score (nSPS) is 19.6. The molecule has 0 saturated carbocycles. The predicted octanol–water partition coefficient (Wildman–Crippen LogP) is 6.20. The fourth-order valence-electron chi connectivity index (χ4n) is 8.17. The SMILES string of the molecule is Cc1ncsc1-c1ccc([C@H](C)NC(=O)[C@@H]2C[C@@H](O)CN2C(=O)[C@@H](c2cc(OCCN3CC[C@@H](c4cc5cc(-c6ccccc6O)nnc5[nH]4)C3)no2)C(C)C)cc1. The third kappa shape index (κ3) is 8.20. The standard InChI is InChI=1S/C43H48N8O6S/c1-24(2)39(43(55)51-22-31(52)19-35(51)42(54)45-25(3)27-9-11-28(12-10-27)40-26(4)44-23-58-40)37-20-38(49-57-37)56-16-15-50-14-13-29(21-50)33-17-30-18-34(47-48-41(30)46-33)32-7-5-6-8-36(32)53/h5-12,17-18,20,23-25,29,31,35,39,52-53H,13-16,19,21-22H2,1-4H3,(H,45,54)(H,46,48)/t25-,29+,31+,35-,39+/m0/s1. The van der Waals surface area contributed by atoms with Crippen LogP contribution in [0, 0.1) is 12.8 Å². The number of carbonyl (C=O) groups excluding carboxylic acids is 2. The number of nitrogens with zero attached hydrogens (tertiary/aromatic N) is 6. The molecule has 0 bridgehead atoms. The van der Waals surface area contributed by atoms with E-state index in [1.54, 1.807) is 29.5 Å². The minimum Gasteiger partial charge on any atom is -0.507 e. The van der Waals surface area contributed by atoms with Crippen molar-refractivity contribution >= 4 is 34.2 Å². The Bertz CT molecular complexity index is 2390. The molecule has 2 aliphatic rings. The van der Waals surface area contributed by atoms with Gasteiger partial charge in [-0.15, -0.1) is 21.5 Å². The Morgan fingerprint density at radius 3 is 2.64 bits per heavy atom. The van der Waals surface area contributed by atoms with Gasteiger partial charge in [0.15, 0.2) is 11.4 Å². The van der Waals surface area contributed by atoms with Crippen molar-refractivity contribution in [2.24, 2.45) is 5.92 Å². The number of phenolic OH excluding ortho intramolecular Hbond substituents is 1. The van der Waals surface area contributed by atoms with E-state index >= 15 is 0 Å². The highest BCUT2D eigenvalue weighted by molar-refractivity contribution is 7.13. The number of aliphatic hydroxyl groups excluding tert-OH is 1. The van der Waals surface area contributed by atoms with Gasteiger partial charge in [0.25, 0.3) is 5.88 Å². The first-order valence-electron chi connectivity index (χ1n) is 19.8. The molecule has 0 spiro atoms. The van der Waals surface area contributed by atoms with Crippen LogP contribution >= 0.6 is 11.3 Å². The Morgan fingerprint density at radius 1 is 1.07 bits per heavy atom. The third-order valence-electron chi connectivity index (χ3n) is 11.3. The van der Waals surface area contributed by atoms with E-state index in [2.05, 4.69) is 41.6 Å². The number of hydrogen-bond donors (Lipinski definition) is 4. The fraction of sp³-hybridized carbons (Fsp3) is 0.395. The lowest BCUT2D eigenvalue weighted by Crippen LogP contribution is -2.48. The molecule has 2 aliphatic heterocycles. The topological polar surface area (TPSA) is 183 Å². The van der Waals surface area contributed by atoms with Gasteiger partial charge in [0, 0.05) is 54.7 Å². The van der Waals surface area contributed by atoms with Gasteiger partial charge >= 0.3 is 0 Å². The van der Waals surface area contributed by atoms with Crippen molar-refractivity contribution in [3.05, 3.63) is 95.0 Å². The zero-order valence-corrected chi connectivity index (χ0v) is 33.8. The van der Waals surface area contributed by atoms with Gasteiger partial charge in [-0.3, -0.25) is 14.5 Å². The molecule has 5 atom stereocenters. The molecule has 8 rings (SSSR count). The maximum Gasteiger partial charge on any atom is 0.254 e. The van der Waals surface area contributed by atoms with Crippen molar-refractivity contribution in [1.29, 1.82) is 0 Å². The van der Waals surface area contributed by atoms with E-state index in [1.807, 2.05) is 75.7 Å². The number of carbonyl (C=O) groups is 2. The average molecular weight is 805 g/mol. The van der Waals surface area contributed by atoms with Gasteiger partial charge in [-0.1, -0.05) is 50.2 Å². The van der Waals surface area contributed by atoms with Gasteiger partial charge < -0.3 is 34.7 Å². The van der Waals surface area contributed by atoms with E-state index in [1.165, 1.54) is 4.90 Å². The van der Waals surface area contributed by atoms with Crippen molar-refractivity contribution in [1.82, 2.24) is 40.4 Å². The average Bonchev–Trinajstić information content (AvgIpc) is 4.06. The predicted molar refractivity (Wildman–Crippen MR) is 219 cm³/mol. The minimum atomic E-state index is -0.827. The summed E-state index contributed by atoms with van der Waals surface area (Å²) in [5, 5.41) is 37.8. The Kier molecular flexibility index (Phi) is 11.3. The number of fused-ring (bicyclic) bond motifs is 1. The zero-order valence-electron chi connectivity index (χ0n) is 33.0. The Hall–Kier alpha value is -5.64. The molecule has 15 heteroatoms. The largest absolute Gasteiger partial charge is 0.507 e. The fourth-order valence-corrected chi connectivity index (χ4v) is 8.98. The van der Waals surface area contributed by atoms with Gasteiger partial charge in [0.2, 0.25) is 11.8 Å². The first kappa shape index (κ1) is 39.2. The second-order valence-electron chi connectivity index (χ2n) is 15.7. The quantitative estimate of drug-likeness (QED) is 0.104. The molecule has 0 radical (unpaired) electrons. The molecule has 2 saturated heterocycles. The van der Waals surface area contributed by atoms with E-state index in [-0.39, 0.29) is 42.5 Å². The van der Waals surface area contributed by atoms with Crippen molar-refractivity contribution in [3.8, 4) is 33.3 Å². The molecular formula is C43H48N8O6S. The van der Waals surface area contributed by atoms with Crippen LogP contribution in [0.4, 0.5) is 0 Å². The van der Waals surface area contributed by atoms with Crippen LogP contribution in [0.25, 0.3) is 32.7 Å². The lowest BCUT2D eigenvalue weighted by Gasteiger charge is -2.29.